The highest BCUT2D eigenvalue weighted by Crippen LogP contribution is 2.29. The minimum atomic E-state index is 0.693. The molecule has 0 radical (unpaired) electrons. The van der Waals surface area contributed by atoms with Crippen molar-refractivity contribution in [2.24, 2.45) is 0 Å². The van der Waals surface area contributed by atoms with Crippen LogP contribution in [0.5, 0.6) is 0 Å². The number of unbranched alkanes of at least 4 members (excludes halogenated alkanes) is 1. The van der Waals surface area contributed by atoms with Crippen LogP contribution in [0.25, 0.3) is 11.0 Å². The molecule has 0 amide bonds. The summed E-state index contributed by atoms with van der Waals surface area (Å²) in [4.78, 5) is 0. The molecule has 2 aromatic rings. The van der Waals surface area contributed by atoms with E-state index in [9.17, 15) is 0 Å². The average Bonchev–Trinajstić information content (AvgIpc) is 2.75. The highest BCUT2D eigenvalue weighted by molar-refractivity contribution is 7.00. The molecule has 0 bridgehead atoms. The maximum atomic E-state index is 6.13. The summed E-state index contributed by atoms with van der Waals surface area (Å²) in [6, 6.07) is 3.73. The molecule has 0 atom stereocenters. The SMILES string of the molecule is C=CCCCNc1c(Cl)ccc2nsnc12. The molecular formula is C11H12ClN3S. The smallest absolute Gasteiger partial charge is 0.129 e. The minimum Gasteiger partial charge on any atom is -0.382 e. The molecule has 16 heavy (non-hydrogen) atoms. The van der Waals surface area contributed by atoms with E-state index >= 15 is 0 Å². The van der Waals surface area contributed by atoms with Gasteiger partial charge in [0.25, 0.3) is 0 Å². The van der Waals surface area contributed by atoms with E-state index in [0.717, 1.165) is 36.1 Å². The Kier molecular flexibility index (Phi) is 3.74. The summed E-state index contributed by atoms with van der Waals surface area (Å²) < 4.78 is 8.42. The van der Waals surface area contributed by atoms with Crippen LogP contribution in [0.1, 0.15) is 12.8 Å². The van der Waals surface area contributed by atoms with Crippen molar-refractivity contribution in [2.75, 3.05) is 11.9 Å². The number of aromatic nitrogens is 2. The number of benzene rings is 1. The molecule has 1 aromatic heterocycles. The minimum absolute atomic E-state index is 0.693. The van der Waals surface area contributed by atoms with Gasteiger partial charge in [-0.2, -0.15) is 8.75 Å². The molecule has 1 aromatic carbocycles. The standard InChI is InChI=1S/C11H12ClN3S/c1-2-3-4-7-13-10-8(12)5-6-9-11(10)15-16-14-9/h2,5-6,13H,1,3-4,7H2. The summed E-state index contributed by atoms with van der Waals surface area (Å²) >= 11 is 7.33. The number of fused-ring (bicyclic) bond motifs is 1. The summed E-state index contributed by atoms with van der Waals surface area (Å²) in [6.45, 7) is 4.55. The van der Waals surface area contributed by atoms with Gasteiger partial charge in [0, 0.05) is 6.54 Å². The van der Waals surface area contributed by atoms with Gasteiger partial charge in [-0.25, -0.2) is 0 Å². The Balaban J connectivity index is 2.17. The predicted octanol–water partition coefficient (Wildman–Crippen LogP) is 3.72. The molecule has 0 aliphatic heterocycles. The lowest BCUT2D eigenvalue weighted by molar-refractivity contribution is 0.892. The number of allylic oxidation sites excluding steroid dienone is 1. The van der Waals surface area contributed by atoms with Gasteiger partial charge in [-0.3, -0.25) is 0 Å². The lowest BCUT2D eigenvalue weighted by Gasteiger charge is -2.07. The first-order chi connectivity index (χ1) is 7.83. The van der Waals surface area contributed by atoms with E-state index < -0.39 is 0 Å². The van der Waals surface area contributed by atoms with Crippen LogP contribution in [-0.2, 0) is 0 Å². The molecule has 3 nitrogen and oxygen atoms in total. The number of anilines is 1. The topological polar surface area (TPSA) is 37.8 Å². The van der Waals surface area contributed by atoms with Gasteiger partial charge in [0.05, 0.1) is 22.4 Å². The van der Waals surface area contributed by atoms with Crippen LogP contribution < -0.4 is 5.32 Å². The first-order valence-corrected chi connectivity index (χ1v) is 6.19. The molecule has 2 rings (SSSR count). The summed E-state index contributed by atoms with van der Waals surface area (Å²) in [7, 11) is 0. The Morgan fingerprint density at radius 3 is 3.12 bits per heavy atom. The number of halogens is 1. The Labute approximate surface area is 103 Å². The van der Waals surface area contributed by atoms with Gasteiger partial charge in [-0.15, -0.1) is 6.58 Å². The predicted molar refractivity (Wildman–Crippen MR) is 70.3 cm³/mol. The third kappa shape index (κ3) is 2.33. The van der Waals surface area contributed by atoms with E-state index in [0.29, 0.717) is 5.02 Å². The van der Waals surface area contributed by atoms with Crippen LogP contribution in [0.4, 0.5) is 5.69 Å². The van der Waals surface area contributed by atoms with Crippen LogP contribution >= 0.6 is 23.3 Å². The quantitative estimate of drug-likeness (QED) is 0.652. The largest absolute Gasteiger partial charge is 0.382 e. The van der Waals surface area contributed by atoms with Crippen molar-refractivity contribution in [3.05, 3.63) is 29.8 Å². The second-order valence-electron chi connectivity index (χ2n) is 3.41. The van der Waals surface area contributed by atoms with Crippen molar-refractivity contribution in [2.45, 2.75) is 12.8 Å². The van der Waals surface area contributed by atoms with Gasteiger partial charge in [0.2, 0.25) is 0 Å². The molecule has 0 fully saturated rings. The summed E-state index contributed by atoms with van der Waals surface area (Å²) in [6.07, 6.45) is 3.94. The van der Waals surface area contributed by atoms with E-state index in [4.69, 9.17) is 11.6 Å². The maximum Gasteiger partial charge on any atom is 0.129 e. The van der Waals surface area contributed by atoms with Crippen LogP contribution in [-0.4, -0.2) is 15.3 Å². The van der Waals surface area contributed by atoms with E-state index in [1.807, 2.05) is 18.2 Å². The Bertz CT molecular complexity index is 495. The zero-order chi connectivity index (χ0) is 11.4. The molecule has 0 unspecified atom stereocenters. The zero-order valence-electron chi connectivity index (χ0n) is 8.74. The second-order valence-corrected chi connectivity index (χ2v) is 4.35. The third-order valence-electron chi connectivity index (χ3n) is 2.26. The average molecular weight is 254 g/mol. The van der Waals surface area contributed by atoms with Crippen molar-refractivity contribution >= 4 is 40.0 Å². The Morgan fingerprint density at radius 2 is 2.31 bits per heavy atom. The summed E-state index contributed by atoms with van der Waals surface area (Å²) in [5, 5.41) is 3.99. The Morgan fingerprint density at radius 1 is 1.44 bits per heavy atom. The lowest BCUT2D eigenvalue weighted by atomic mass is 10.2. The summed E-state index contributed by atoms with van der Waals surface area (Å²) in [5.74, 6) is 0. The highest BCUT2D eigenvalue weighted by atomic mass is 35.5. The number of hydrogen-bond acceptors (Lipinski definition) is 4. The third-order valence-corrected chi connectivity index (χ3v) is 3.12. The second kappa shape index (κ2) is 5.27. The lowest BCUT2D eigenvalue weighted by Crippen LogP contribution is -2.02. The number of nitrogens with zero attached hydrogens (tertiary/aromatic N) is 2. The highest BCUT2D eigenvalue weighted by Gasteiger charge is 2.08. The molecule has 84 valence electrons. The Hall–Kier alpha value is -1.13. The molecule has 1 heterocycles. The fourth-order valence-corrected chi connectivity index (χ4v) is 2.22. The van der Waals surface area contributed by atoms with Crippen molar-refractivity contribution in [1.82, 2.24) is 8.75 Å². The van der Waals surface area contributed by atoms with Gasteiger partial charge in [0.15, 0.2) is 0 Å². The van der Waals surface area contributed by atoms with E-state index in [-0.39, 0.29) is 0 Å². The zero-order valence-corrected chi connectivity index (χ0v) is 10.3. The van der Waals surface area contributed by atoms with Crippen LogP contribution in [0, 0.1) is 0 Å². The molecule has 0 aliphatic rings. The van der Waals surface area contributed by atoms with Crippen LogP contribution in [0.3, 0.4) is 0 Å². The van der Waals surface area contributed by atoms with Crippen molar-refractivity contribution in [1.29, 1.82) is 0 Å². The van der Waals surface area contributed by atoms with Gasteiger partial charge in [-0.1, -0.05) is 17.7 Å². The summed E-state index contributed by atoms with van der Waals surface area (Å²) in [5.41, 5.74) is 2.63. The van der Waals surface area contributed by atoms with Crippen molar-refractivity contribution in [3.63, 3.8) is 0 Å². The van der Waals surface area contributed by atoms with Gasteiger partial charge in [-0.05, 0) is 25.0 Å². The molecule has 0 spiro atoms. The number of rotatable bonds is 5. The van der Waals surface area contributed by atoms with Gasteiger partial charge >= 0.3 is 0 Å². The van der Waals surface area contributed by atoms with Crippen molar-refractivity contribution < 1.29 is 0 Å². The number of hydrogen-bond donors (Lipinski definition) is 1. The molecule has 0 saturated carbocycles. The molecule has 0 aliphatic carbocycles. The van der Waals surface area contributed by atoms with Gasteiger partial charge < -0.3 is 5.32 Å². The van der Waals surface area contributed by atoms with Crippen molar-refractivity contribution in [3.8, 4) is 0 Å². The van der Waals surface area contributed by atoms with Crippen LogP contribution in [0.2, 0.25) is 5.02 Å². The van der Waals surface area contributed by atoms with E-state index in [1.165, 1.54) is 11.7 Å². The first kappa shape index (κ1) is 11.4. The van der Waals surface area contributed by atoms with Crippen LogP contribution in [0.15, 0.2) is 24.8 Å². The normalized spacial score (nSPS) is 10.6. The van der Waals surface area contributed by atoms with E-state index in [2.05, 4.69) is 20.6 Å². The number of nitrogens with one attached hydrogen (secondary N) is 1. The molecular weight excluding hydrogens is 242 g/mol. The molecule has 1 N–H and O–H groups in total. The maximum absolute atomic E-state index is 6.13. The van der Waals surface area contributed by atoms with Gasteiger partial charge in [0.1, 0.15) is 11.0 Å². The fraction of sp³-hybridized carbons (Fsp3) is 0.273. The van der Waals surface area contributed by atoms with E-state index in [1.54, 1.807) is 0 Å². The fourth-order valence-electron chi connectivity index (χ4n) is 1.45. The molecule has 5 heteroatoms. The molecule has 0 saturated heterocycles. The first-order valence-electron chi connectivity index (χ1n) is 5.08. The monoisotopic (exact) mass is 253 g/mol.